The van der Waals surface area contributed by atoms with Gasteiger partial charge in [0.25, 0.3) is 6.47 Å². The highest BCUT2D eigenvalue weighted by molar-refractivity contribution is 5.68. The van der Waals surface area contributed by atoms with Crippen LogP contribution in [0.25, 0.3) is 0 Å². The average Bonchev–Trinajstić information content (AvgIpc) is 3.27. The third-order valence-electron chi connectivity index (χ3n) is 5.92. The van der Waals surface area contributed by atoms with Gasteiger partial charge in [0.15, 0.2) is 12.6 Å². The molecule has 2 aliphatic carbocycles. The van der Waals surface area contributed by atoms with Crippen LogP contribution in [0.1, 0.15) is 93.4 Å². The molecule has 0 heterocycles. The topological polar surface area (TPSA) is 71.1 Å². The molecule has 6 nitrogen and oxygen atoms in total. The van der Waals surface area contributed by atoms with E-state index in [0.29, 0.717) is 24.9 Å². The Morgan fingerprint density at radius 3 is 2.13 bits per heavy atom. The third kappa shape index (κ3) is 9.78. The fourth-order valence-corrected chi connectivity index (χ4v) is 4.76. The molecule has 2 saturated carbocycles. The third-order valence-corrected chi connectivity index (χ3v) is 5.92. The van der Waals surface area contributed by atoms with Crippen LogP contribution in [0.3, 0.4) is 0 Å². The first-order valence-electron chi connectivity index (χ1n) is 11.8. The number of carbonyl (C=O) groups excluding carboxylic acids is 2. The average molecular weight is 431 g/mol. The monoisotopic (exact) mass is 430 g/mol. The maximum atomic E-state index is 10.5. The molecule has 2 bridgehead atoms. The van der Waals surface area contributed by atoms with E-state index in [1.807, 2.05) is 6.92 Å². The van der Waals surface area contributed by atoms with Gasteiger partial charge in [-0.3, -0.25) is 9.59 Å². The van der Waals surface area contributed by atoms with Gasteiger partial charge in [0.1, 0.15) is 0 Å². The molecule has 0 spiro atoms. The van der Waals surface area contributed by atoms with Gasteiger partial charge in [-0.1, -0.05) is 60.3 Å². The lowest BCUT2D eigenvalue weighted by Crippen LogP contribution is -2.35. The van der Waals surface area contributed by atoms with Crippen molar-refractivity contribution in [3.8, 4) is 0 Å². The van der Waals surface area contributed by atoms with E-state index in [1.54, 1.807) is 13.8 Å². The lowest BCUT2D eigenvalue weighted by molar-refractivity contribution is -0.180. The summed E-state index contributed by atoms with van der Waals surface area (Å²) in [6.45, 7) is 14.5. The Labute approximate surface area is 184 Å². The lowest BCUT2D eigenvalue weighted by atomic mass is 9.74. The molecule has 2 fully saturated rings. The number of carbonyl (C=O) groups is 2. The van der Waals surface area contributed by atoms with Gasteiger partial charge in [0, 0.05) is 13.5 Å². The number of fused-ring (bicyclic) bond motifs is 2. The van der Waals surface area contributed by atoms with Gasteiger partial charge in [-0.15, -0.1) is 0 Å². The molecule has 0 aromatic rings. The number of rotatable bonds is 10. The van der Waals surface area contributed by atoms with E-state index >= 15 is 0 Å². The second kappa shape index (κ2) is 16.5. The number of hydrogen-bond donors (Lipinski definition) is 0. The molecule has 6 heteroatoms. The largest absolute Gasteiger partial charge is 0.438 e. The van der Waals surface area contributed by atoms with Crippen LogP contribution in [-0.2, 0) is 28.5 Å². The van der Waals surface area contributed by atoms with Gasteiger partial charge in [0.05, 0.1) is 6.10 Å². The van der Waals surface area contributed by atoms with Gasteiger partial charge in [0.2, 0.25) is 0 Å². The second-order valence-electron chi connectivity index (χ2n) is 8.25. The van der Waals surface area contributed by atoms with Crippen molar-refractivity contribution in [2.45, 2.75) is 112 Å². The molecule has 30 heavy (non-hydrogen) atoms. The highest BCUT2D eigenvalue weighted by Crippen LogP contribution is 2.56. The number of hydrogen-bond acceptors (Lipinski definition) is 6. The first-order chi connectivity index (χ1) is 14.3. The van der Waals surface area contributed by atoms with Crippen LogP contribution in [0.2, 0.25) is 0 Å². The predicted molar refractivity (Wildman–Crippen MR) is 119 cm³/mol. The van der Waals surface area contributed by atoms with E-state index in [-0.39, 0.29) is 5.97 Å². The smallest absolute Gasteiger partial charge is 0.307 e. The van der Waals surface area contributed by atoms with Gasteiger partial charge in [-0.25, -0.2) is 0 Å². The molecule has 0 N–H and O–H groups in total. The minimum Gasteiger partial charge on any atom is -0.438 e. The zero-order chi connectivity index (χ0) is 23.1. The SMILES string of the molecule is CCC.CCC(=O)OC(C)OC.CCCC1C2CC(OC(C)OC=O)C(C2)C1CC. The fourth-order valence-electron chi connectivity index (χ4n) is 4.76. The summed E-state index contributed by atoms with van der Waals surface area (Å²) in [4.78, 5) is 20.8. The molecule has 2 aliphatic rings. The maximum absolute atomic E-state index is 10.5. The standard InChI is InChI=1S/C15H26O3.C6H12O3.C3H8/c1-4-6-13-11-7-14(12(13)5-2)15(8-11)18-10(3)17-9-16;1-4-6(7)9-5(2)8-3;1-3-2/h9-15H,4-8H2,1-3H3;5H,4H2,1-3H3;3H2,1-2H3. The Bertz CT molecular complexity index is 455. The maximum Gasteiger partial charge on any atom is 0.307 e. The van der Waals surface area contributed by atoms with Crippen molar-refractivity contribution in [1.29, 1.82) is 0 Å². The Morgan fingerprint density at radius 2 is 1.67 bits per heavy atom. The molecular formula is C24H46O6. The van der Waals surface area contributed by atoms with Crippen molar-refractivity contribution in [3.63, 3.8) is 0 Å². The van der Waals surface area contributed by atoms with Crippen LogP contribution < -0.4 is 0 Å². The molecule has 0 aromatic heterocycles. The lowest BCUT2D eigenvalue weighted by Gasteiger charge is -2.36. The zero-order valence-electron chi connectivity index (χ0n) is 20.5. The summed E-state index contributed by atoms with van der Waals surface area (Å²) in [7, 11) is 1.49. The molecular weight excluding hydrogens is 384 g/mol. The van der Waals surface area contributed by atoms with E-state index in [1.165, 1.54) is 45.6 Å². The second-order valence-corrected chi connectivity index (χ2v) is 8.25. The van der Waals surface area contributed by atoms with Crippen LogP contribution in [0, 0.1) is 23.7 Å². The Morgan fingerprint density at radius 1 is 1.03 bits per heavy atom. The van der Waals surface area contributed by atoms with Crippen molar-refractivity contribution in [1.82, 2.24) is 0 Å². The van der Waals surface area contributed by atoms with Crippen LogP contribution in [0.5, 0.6) is 0 Å². The van der Waals surface area contributed by atoms with E-state index in [2.05, 4.69) is 37.2 Å². The normalized spacial score (nSPS) is 28.3. The van der Waals surface area contributed by atoms with E-state index in [4.69, 9.17) is 9.47 Å². The zero-order valence-corrected chi connectivity index (χ0v) is 20.5. The van der Waals surface area contributed by atoms with Gasteiger partial charge >= 0.3 is 5.97 Å². The Hall–Kier alpha value is -1.14. The summed E-state index contributed by atoms with van der Waals surface area (Å²) in [6, 6.07) is 0. The summed E-state index contributed by atoms with van der Waals surface area (Å²) in [5.74, 6) is 3.02. The number of methoxy groups -OCH3 is 1. The molecule has 7 atom stereocenters. The Balaban J connectivity index is 0.000000591. The van der Waals surface area contributed by atoms with E-state index in [0.717, 1.165) is 17.8 Å². The summed E-state index contributed by atoms with van der Waals surface area (Å²) >= 11 is 0. The summed E-state index contributed by atoms with van der Waals surface area (Å²) in [6.07, 6.45) is 7.55. The van der Waals surface area contributed by atoms with E-state index in [9.17, 15) is 9.59 Å². The van der Waals surface area contributed by atoms with Crippen LogP contribution in [0.15, 0.2) is 0 Å². The highest BCUT2D eigenvalue weighted by atomic mass is 16.7. The van der Waals surface area contributed by atoms with Crippen molar-refractivity contribution in [2.24, 2.45) is 23.7 Å². The minimum absolute atomic E-state index is 0.232. The highest BCUT2D eigenvalue weighted by Gasteiger charge is 2.52. The van der Waals surface area contributed by atoms with Crippen LogP contribution >= 0.6 is 0 Å². The predicted octanol–water partition coefficient (Wildman–Crippen LogP) is 5.72. The first kappa shape index (κ1) is 28.9. The number of ether oxygens (including phenoxy) is 4. The van der Waals surface area contributed by atoms with Crippen molar-refractivity contribution in [2.75, 3.05) is 7.11 Å². The van der Waals surface area contributed by atoms with Crippen molar-refractivity contribution >= 4 is 12.4 Å². The summed E-state index contributed by atoms with van der Waals surface area (Å²) in [5, 5.41) is 0. The molecule has 0 aliphatic heterocycles. The molecule has 0 saturated heterocycles. The molecule has 0 amide bonds. The quantitative estimate of drug-likeness (QED) is 0.251. The van der Waals surface area contributed by atoms with Crippen LogP contribution in [0.4, 0.5) is 0 Å². The van der Waals surface area contributed by atoms with Gasteiger partial charge < -0.3 is 18.9 Å². The van der Waals surface area contributed by atoms with Crippen molar-refractivity contribution < 1.29 is 28.5 Å². The summed E-state index contributed by atoms with van der Waals surface area (Å²) < 4.78 is 20.1. The van der Waals surface area contributed by atoms with Crippen molar-refractivity contribution in [3.05, 3.63) is 0 Å². The van der Waals surface area contributed by atoms with Gasteiger partial charge in [-0.2, -0.15) is 0 Å². The first-order valence-corrected chi connectivity index (χ1v) is 11.8. The Kier molecular flexibility index (Phi) is 15.9. The number of esters is 1. The van der Waals surface area contributed by atoms with E-state index < -0.39 is 12.6 Å². The minimum atomic E-state index is -0.419. The van der Waals surface area contributed by atoms with Crippen LogP contribution in [-0.4, -0.2) is 38.2 Å². The fraction of sp³-hybridized carbons (Fsp3) is 0.917. The summed E-state index contributed by atoms with van der Waals surface area (Å²) in [5.41, 5.74) is 0. The molecule has 0 radical (unpaired) electrons. The molecule has 2 rings (SSSR count). The molecule has 0 aromatic carbocycles. The molecule has 178 valence electrons. The molecule has 7 unspecified atom stereocenters. The van der Waals surface area contributed by atoms with Gasteiger partial charge in [-0.05, 0) is 50.4 Å².